The second kappa shape index (κ2) is 6.64. The number of thiazole rings is 1. The Hall–Kier alpha value is -1.96. The average molecular weight is 388 g/mol. The highest BCUT2D eigenvalue weighted by Gasteiger charge is 2.29. The Morgan fingerprint density at radius 1 is 0.923 bits per heavy atom. The number of hydrogen-bond donors (Lipinski definition) is 0. The number of aryl methyl sites for hydroxylation is 2. The van der Waals surface area contributed by atoms with E-state index in [1.54, 1.807) is 27.8 Å². The van der Waals surface area contributed by atoms with E-state index in [1.807, 2.05) is 25.1 Å². The molecule has 5 nitrogen and oxygen atoms in total. The fourth-order valence-corrected chi connectivity index (χ4v) is 5.67. The van der Waals surface area contributed by atoms with Crippen LogP contribution in [0.15, 0.2) is 47.4 Å². The molecule has 0 amide bonds. The maximum Gasteiger partial charge on any atom is 0.243 e. The Bertz CT molecular complexity index is 1030. The molecule has 3 aromatic rings. The van der Waals surface area contributed by atoms with Gasteiger partial charge in [-0.05, 0) is 43.7 Å². The van der Waals surface area contributed by atoms with Crippen molar-refractivity contribution in [2.24, 2.45) is 0 Å². The summed E-state index contributed by atoms with van der Waals surface area (Å²) in [6, 6.07) is 13.3. The van der Waals surface area contributed by atoms with E-state index in [4.69, 9.17) is 4.98 Å². The van der Waals surface area contributed by atoms with Crippen molar-refractivity contribution >= 4 is 36.7 Å². The summed E-state index contributed by atoms with van der Waals surface area (Å²) in [4.78, 5) is 7.26. The van der Waals surface area contributed by atoms with Gasteiger partial charge in [0.15, 0.2) is 5.13 Å². The minimum atomic E-state index is -3.42. The van der Waals surface area contributed by atoms with Gasteiger partial charge in [0.25, 0.3) is 0 Å². The van der Waals surface area contributed by atoms with Crippen molar-refractivity contribution in [3.8, 4) is 0 Å². The minimum absolute atomic E-state index is 0.368. The molecule has 1 aromatic heterocycles. The first-order valence-corrected chi connectivity index (χ1v) is 10.9. The molecule has 1 fully saturated rings. The Balaban J connectivity index is 1.50. The van der Waals surface area contributed by atoms with Crippen LogP contribution in [0.2, 0.25) is 0 Å². The Labute approximate surface area is 157 Å². The number of anilines is 1. The van der Waals surface area contributed by atoms with Gasteiger partial charge in [0.05, 0.1) is 15.1 Å². The first-order valence-electron chi connectivity index (χ1n) is 8.62. The van der Waals surface area contributed by atoms with Crippen molar-refractivity contribution < 1.29 is 8.42 Å². The molecule has 0 aliphatic carbocycles. The Morgan fingerprint density at radius 2 is 1.58 bits per heavy atom. The van der Waals surface area contributed by atoms with Crippen LogP contribution in [0.25, 0.3) is 10.2 Å². The SMILES string of the molecule is Cc1ccc(S(=O)(=O)N2CCN(c3nc4ccc(C)cc4s3)CC2)cc1. The first-order chi connectivity index (χ1) is 12.4. The number of aromatic nitrogens is 1. The van der Waals surface area contributed by atoms with Crippen molar-refractivity contribution in [2.75, 3.05) is 31.1 Å². The third kappa shape index (κ3) is 3.22. The average Bonchev–Trinajstić information content (AvgIpc) is 3.05. The summed E-state index contributed by atoms with van der Waals surface area (Å²) >= 11 is 1.67. The van der Waals surface area contributed by atoms with E-state index in [2.05, 4.69) is 24.0 Å². The molecule has 0 spiro atoms. The summed E-state index contributed by atoms with van der Waals surface area (Å²) in [5, 5.41) is 0.970. The molecule has 1 aliphatic rings. The molecular weight excluding hydrogens is 366 g/mol. The third-order valence-corrected chi connectivity index (χ3v) is 7.69. The van der Waals surface area contributed by atoms with Crippen LogP contribution in [0.1, 0.15) is 11.1 Å². The predicted molar refractivity (Wildman–Crippen MR) is 107 cm³/mol. The van der Waals surface area contributed by atoms with Gasteiger partial charge in [0, 0.05) is 26.2 Å². The molecule has 0 N–H and O–H groups in total. The first kappa shape index (κ1) is 17.5. The lowest BCUT2D eigenvalue weighted by Gasteiger charge is -2.33. The molecule has 0 radical (unpaired) electrons. The smallest absolute Gasteiger partial charge is 0.243 e. The van der Waals surface area contributed by atoms with E-state index in [1.165, 1.54) is 10.3 Å². The second-order valence-corrected chi connectivity index (χ2v) is 9.62. The van der Waals surface area contributed by atoms with Gasteiger partial charge >= 0.3 is 0 Å². The van der Waals surface area contributed by atoms with Gasteiger partial charge in [0.1, 0.15) is 0 Å². The van der Waals surface area contributed by atoms with E-state index in [9.17, 15) is 8.42 Å². The van der Waals surface area contributed by atoms with Gasteiger partial charge in [0.2, 0.25) is 10.0 Å². The molecule has 2 aromatic carbocycles. The molecule has 4 rings (SSSR count). The van der Waals surface area contributed by atoms with E-state index >= 15 is 0 Å². The van der Waals surface area contributed by atoms with Gasteiger partial charge in [-0.15, -0.1) is 0 Å². The molecule has 26 heavy (non-hydrogen) atoms. The van der Waals surface area contributed by atoms with Crippen LogP contribution in [0.5, 0.6) is 0 Å². The lowest BCUT2D eigenvalue weighted by atomic mass is 10.2. The quantitative estimate of drug-likeness (QED) is 0.691. The number of rotatable bonds is 3. The number of sulfonamides is 1. The van der Waals surface area contributed by atoms with Crippen molar-refractivity contribution in [2.45, 2.75) is 18.7 Å². The summed E-state index contributed by atoms with van der Waals surface area (Å²) in [5.41, 5.74) is 3.28. The Kier molecular flexibility index (Phi) is 4.46. The van der Waals surface area contributed by atoms with Crippen LogP contribution >= 0.6 is 11.3 Å². The van der Waals surface area contributed by atoms with E-state index in [0.29, 0.717) is 31.1 Å². The zero-order chi connectivity index (χ0) is 18.3. The topological polar surface area (TPSA) is 53.5 Å². The maximum absolute atomic E-state index is 12.8. The molecule has 0 saturated carbocycles. The lowest BCUT2D eigenvalue weighted by molar-refractivity contribution is 0.385. The van der Waals surface area contributed by atoms with Crippen molar-refractivity contribution in [3.63, 3.8) is 0 Å². The second-order valence-electron chi connectivity index (χ2n) is 6.67. The van der Waals surface area contributed by atoms with Crippen molar-refractivity contribution in [1.29, 1.82) is 0 Å². The monoisotopic (exact) mass is 387 g/mol. The highest BCUT2D eigenvalue weighted by molar-refractivity contribution is 7.89. The van der Waals surface area contributed by atoms with Crippen LogP contribution in [0.3, 0.4) is 0 Å². The zero-order valence-corrected chi connectivity index (χ0v) is 16.5. The van der Waals surface area contributed by atoms with Crippen LogP contribution in [0, 0.1) is 13.8 Å². The normalized spacial score (nSPS) is 16.3. The van der Waals surface area contributed by atoms with Crippen LogP contribution < -0.4 is 4.90 Å². The largest absolute Gasteiger partial charge is 0.345 e. The molecule has 0 atom stereocenters. The van der Waals surface area contributed by atoms with Crippen LogP contribution in [0.4, 0.5) is 5.13 Å². The molecule has 136 valence electrons. The van der Waals surface area contributed by atoms with E-state index in [-0.39, 0.29) is 0 Å². The maximum atomic E-state index is 12.8. The fraction of sp³-hybridized carbons (Fsp3) is 0.316. The summed E-state index contributed by atoms with van der Waals surface area (Å²) < 4.78 is 28.4. The van der Waals surface area contributed by atoms with Gasteiger partial charge in [-0.25, -0.2) is 13.4 Å². The number of piperazine rings is 1. The van der Waals surface area contributed by atoms with Gasteiger partial charge in [-0.3, -0.25) is 0 Å². The number of nitrogens with zero attached hydrogens (tertiary/aromatic N) is 3. The molecule has 0 bridgehead atoms. The van der Waals surface area contributed by atoms with E-state index < -0.39 is 10.0 Å². The minimum Gasteiger partial charge on any atom is -0.345 e. The Morgan fingerprint density at radius 3 is 2.27 bits per heavy atom. The summed E-state index contributed by atoms with van der Waals surface area (Å²) in [6.45, 7) is 6.30. The van der Waals surface area contributed by atoms with Crippen molar-refractivity contribution in [1.82, 2.24) is 9.29 Å². The number of benzene rings is 2. The fourth-order valence-electron chi connectivity index (χ4n) is 3.13. The lowest BCUT2D eigenvalue weighted by Crippen LogP contribution is -2.48. The molecule has 0 unspecified atom stereocenters. The molecule has 1 aliphatic heterocycles. The molecule has 7 heteroatoms. The summed E-state index contributed by atoms with van der Waals surface area (Å²) in [6.07, 6.45) is 0. The number of hydrogen-bond acceptors (Lipinski definition) is 5. The zero-order valence-electron chi connectivity index (χ0n) is 14.8. The number of fused-ring (bicyclic) bond motifs is 1. The van der Waals surface area contributed by atoms with Gasteiger partial charge in [-0.1, -0.05) is 35.1 Å². The highest BCUT2D eigenvalue weighted by Crippen LogP contribution is 2.30. The van der Waals surface area contributed by atoms with E-state index in [0.717, 1.165) is 16.2 Å². The summed E-state index contributed by atoms with van der Waals surface area (Å²) in [5.74, 6) is 0. The highest BCUT2D eigenvalue weighted by atomic mass is 32.2. The summed E-state index contributed by atoms with van der Waals surface area (Å²) in [7, 11) is -3.42. The third-order valence-electron chi connectivity index (χ3n) is 4.70. The predicted octanol–water partition coefficient (Wildman–Crippen LogP) is 3.42. The molecular formula is C19H21N3O2S2. The molecule has 1 saturated heterocycles. The van der Waals surface area contributed by atoms with Crippen LogP contribution in [-0.2, 0) is 10.0 Å². The van der Waals surface area contributed by atoms with Crippen LogP contribution in [-0.4, -0.2) is 43.9 Å². The molecule has 2 heterocycles. The van der Waals surface area contributed by atoms with Gasteiger partial charge < -0.3 is 4.90 Å². The van der Waals surface area contributed by atoms with Gasteiger partial charge in [-0.2, -0.15) is 4.31 Å². The standard InChI is InChI=1S/C19H21N3O2S2/c1-14-3-6-16(7-4-14)26(23,24)22-11-9-21(10-12-22)19-20-17-8-5-15(2)13-18(17)25-19/h3-8,13H,9-12H2,1-2H3. The van der Waals surface area contributed by atoms with Crippen molar-refractivity contribution in [3.05, 3.63) is 53.6 Å².